The van der Waals surface area contributed by atoms with Gasteiger partial charge in [0, 0.05) is 11.3 Å². The van der Waals surface area contributed by atoms with E-state index in [2.05, 4.69) is 24.0 Å². The second-order valence-electron chi connectivity index (χ2n) is 3.88. The average molecular weight is 249 g/mol. The summed E-state index contributed by atoms with van der Waals surface area (Å²) in [4.78, 5) is 15.9. The fraction of sp³-hybridized carbons (Fsp3) is 0.385. The van der Waals surface area contributed by atoms with Gasteiger partial charge in [-0.1, -0.05) is 29.8 Å². The fourth-order valence-electron chi connectivity index (χ4n) is 1.59. The first kappa shape index (κ1) is 12.2. The lowest BCUT2D eigenvalue weighted by atomic mass is 10.2. The zero-order valence-corrected chi connectivity index (χ0v) is 10.8. The fourth-order valence-corrected chi connectivity index (χ4v) is 2.62. The van der Waals surface area contributed by atoms with E-state index in [4.69, 9.17) is 4.74 Å². The predicted molar refractivity (Wildman–Crippen MR) is 70.6 cm³/mol. The molecule has 1 aromatic rings. The maximum absolute atomic E-state index is 11.5. The van der Waals surface area contributed by atoms with Gasteiger partial charge in [-0.25, -0.2) is 4.79 Å². The van der Waals surface area contributed by atoms with Crippen LogP contribution in [0.15, 0.2) is 29.3 Å². The molecule has 1 atom stereocenters. The lowest BCUT2D eigenvalue weighted by Gasteiger charge is -2.03. The van der Waals surface area contributed by atoms with Crippen LogP contribution in [0.2, 0.25) is 0 Å². The molecule has 0 saturated heterocycles. The average Bonchev–Trinajstić information content (AvgIpc) is 2.80. The normalized spacial score (nSPS) is 18.9. The van der Waals surface area contributed by atoms with Crippen LogP contribution in [0.25, 0.3) is 0 Å². The van der Waals surface area contributed by atoms with Gasteiger partial charge >= 0.3 is 5.97 Å². The first-order valence-electron chi connectivity index (χ1n) is 5.65. The van der Waals surface area contributed by atoms with E-state index >= 15 is 0 Å². The van der Waals surface area contributed by atoms with E-state index in [-0.39, 0.29) is 12.0 Å². The number of carbonyl (C=O) groups is 1. The SMILES string of the molecule is CCOC(=O)[C@@H]1CSC(c2ccc(C)cc2)=N1. The first-order chi connectivity index (χ1) is 8.20. The third kappa shape index (κ3) is 2.88. The van der Waals surface area contributed by atoms with Crippen LogP contribution in [-0.2, 0) is 9.53 Å². The number of nitrogens with zero attached hydrogens (tertiary/aromatic N) is 1. The van der Waals surface area contributed by atoms with Gasteiger partial charge in [0.2, 0.25) is 0 Å². The number of hydrogen-bond acceptors (Lipinski definition) is 4. The molecule has 0 aromatic heterocycles. The van der Waals surface area contributed by atoms with E-state index in [0.29, 0.717) is 12.4 Å². The standard InChI is InChI=1S/C13H15NO2S/c1-3-16-13(15)11-8-17-12(14-11)10-6-4-9(2)5-7-10/h4-7,11H,3,8H2,1-2H3/t11-/m0/s1. The summed E-state index contributed by atoms with van der Waals surface area (Å²) in [6, 6.07) is 7.84. The monoisotopic (exact) mass is 249 g/mol. The van der Waals surface area contributed by atoms with E-state index in [1.165, 1.54) is 5.56 Å². The maximum Gasteiger partial charge on any atom is 0.331 e. The molecule has 0 amide bonds. The molecule has 4 heteroatoms. The van der Waals surface area contributed by atoms with Crippen molar-refractivity contribution < 1.29 is 9.53 Å². The number of esters is 1. The van der Waals surface area contributed by atoms with Gasteiger partial charge in [-0.15, -0.1) is 11.8 Å². The number of carbonyl (C=O) groups excluding carboxylic acids is 1. The van der Waals surface area contributed by atoms with Crippen molar-refractivity contribution in [3.05, 3.63) is 35.4 Å². The van der Waals surface area contributed by atoms with Crippen molar-refractivity contribution in [2.24, 2.45) is 4.99 Å². The van der Waals surface area contributed by atoms with Crippen LogP contribution in [0.1, 0.15) is 18.1 Å². The number of ether oxygens (including phenoxy) is 1. The number of benzene rings is 1. The molecule has 0 spiro atoms. The molecule has 0 N–H and O–H groups in total. The van der Waals surface area contributed by atoms with E-state index in [1.807, 2.05) is 19.1 Å². The molecular weight excluding hydrogens is 234 g/mol. The van der Waals surface area contributed by atoms with Crippen LogP contribution in [-0.4, -0.2) is 29.4 Å². The molecule has 0 bridgehead atoms. The van der Waals surface area contributed by atoms with Crippen molar-refractivity contribution in [3.8, 4) is 0 Å². The van der Waals surface area contributed by atoms with Crippen molar-refractivity contribution in [1.82, 2.24) is 0 Å². The Morgan fingerprint density at radius 3 is 2.82 bits per heavy atom. The summed E-state index contributed by atoms with van der Waals surface area (Å²) in [7, 11) is 0. The summed E-state index contributed by atoms with van der Waals surface area (Å²) in [6.45, 7) is 4.27. The van der Waals surface area contributed by atoms with Crippen molar-refractivity contribution >= 4 is 22.8 Å². The Morgan fingerprint density at radius 1 is 1.47 bits per heavy atom. The van der Waals surface area contributed by atoms with E-state index in [1.54, 1.807) is 11.8 Å². The summed E-state index contributed by atoms with van der Waals surface area (Å²) in [5.41, 5.74) is 2.30. The lowest BCUT2D eigenvalue weighted by Crippen LogP contribution is -2.21. The molecule has 0 fully saturated rings. The Kier molecular flexibility index (Phi) is 3.84. The highest BCUT2D eigenvalue weighted by Crippen LogP contribution is 2.24. The minimum atomic E-state index is -0.337. The van der Waals surface area contributed by atoms with Crippen molar-refractivity contribution in [3.63, 3.8) is 0 Å². The number of hydrogen-bond donors (Lipinski definition) is 0. The molecule has 1 aromatic carbocycles. The second kappa shape index (κ2) is 5.36. The van der Waals surface area contributed by atoms with Crippen molar-refractivity contribution in [1.29, 1.82) is 0 Å². The minimum absolute atomic E-state index is 0.220. The van der Waals surface area contributed by atoms with E-state index < -0.39 is 0 Å². The van der Waals surface area contributed by atoms with Gasteiger partial charge in [0.1, 0.15) is 0 Å². The van der Waals surface area contributed by atoms with Crippen molar-refractivity contribution in [2.75, 3.05) is 12.4 Å². The lowest BCUT2D eigenvalue weighted by molar-refractivity contribution is -0.143. The van der Waals surface area contributed by atoms with Gasteiger partial charge in [-0.3, -0.25) is 4.99 Å². The highest BCUT2D eigenvalue weighted by Gasteiger charge is 2.26. The van der Waals surface area contributed by atoms with Crippen LogP contribution in [0.4, 0.5) is 0 Å². The van der Waals surface area contributed by atoms with Crippen LogP contribution < -0.4 is 0 Å². The van der Waals surface area contributed by atoms with Gasteiger partial charge in [0.25, 0.3) is 0 Å². The number of rotatable bonds is 3. The van der Waals surface area contributed by atoms with Crippen LogP contribution in [0, 0.1) is 6.92 Å². The highest BCUT2D eigenvalue weighted by atomic mass is 32.2. The van der Waals surface area contributed by atoms with Gasteiger partial charge in [0.15, 0.2) is 6.04 Å². The Labute approximate surface area is 105 Å². The van der Waals surface area contributed by atoms with Gasteiger partial charge in [-0.05, 0) is 13.8 Å². The third-order valence-electron chi connectivity index (χ3n) is 2.51. The molecule has 1 aliphatic heterocycles. The molecule has 0 aliphatic carbocycles. The van der Waals surface area contributed by atoms with Crippen LogP contribution >= 0.6 is 11.8 Å². The smallest absolute Gasteiger partial charge is 0.331 e. The summed E-state index contributed by atoms with van der Waals surface area (Å²) in [6.07, 6.45) is 0. The van der Waals surface area contributed by atoms with E-state index in [0.717, 1.165) is 10.6 Å². The topological polar surface area (TPSA) is 38.7 Å². The quantitative estimate of drug-likeness (QED) is 0.772. The summed E-state index contributed by atoms with van der Waals surface area (Å²) < 4.78 is 4.97. The molecule has 0 unspecified atom stereocenters. The second-order valence-corrected chi connectivity index (χ2v) is 4.89. The van der Waals surface area contributed by atoms with Crippen LogP contribution in [0.5, 0.6) is 0 Å². The summed E-state index contributed by atoms with van der Waals surface area (Å²) in [5, 5.41) is 0.933. The molecule has 90 valence electrons. The third-order valence-corrected chi connectivity index (χ3v) is 3.61. The molecule has 0 saturated carbocycles. The van der Waals surface area contributed by atoms with Crippen molar-refractivity contribution in [2.45, 2.75) is 19.9 Å². The van der Waals surface area contributed by atoms with Gasteiger partial charge < -0.3 is 4.74 Å². The van der Waals surface area contributed by atoms with Crippen LogP contribution in [0.3, 0.4) is 0 Å². The maximum atomic E-state index is 11.5. The summed E-state index contributed by atoms with van der Waals surface area (Å²) >= 11 is 1.61. The Bertz CT molecular complexity index is 439. The van der Waals surface area contributed by atoms with Gasteiger partial charge in [-0.2, -0.15) is 0 Å². The minimum Gasteiger partial charge on any atom is -0.464 e. The predicted octanol–water partition coefficient (Wildman–Crippen LogP) is 2.42. The van der Waals surface area contributed by atoms with E-state index in [9.17, 15) is 4.79 Å². The Hall–Kier alpha value is -1.29. The molecule has 2 rings (SSSR count). The largest absolute Gasteiger partial charge is 0.464 e. The number of thioether (sulfide) groups is 1. The highest BCUT2D eigenvalue weighted by molar-refractivity contribution is 8.14. The molecular formula is C13H15NO2S. The molecule has 1 aliphatic rings. The zero-order chi connectivity index (χ0) is 12.3. The number of aliphatic imine (C=N–C) groups is 1. The zero-order valence-electron chi connectivity index (χ0n) is 9.97. The first-order valence-corrected chi connectivity index (χ1v) is 6.63. The Morgan fingerprint density at radius 2 is 2.18 bits per heavy atom. The van der Waals surface area contributed by atoms with Gasteiger partial charge in [0.05, 0.1) is 11.7 Å². The Balaban J connectivity index is 2.11. The number of aryl methyl sites for hydroxylation is 1. The molecule has 3 nitrogen and oxygen atoms in total. The summed E-state index contributed by atoms with van der Waals surface area (Å²) in [5.74, 6) is 0.462. The molecule has 1 heterocycles. The molecule has 0 radical (unpaired) electrons. The molecule has 17 heavy (non-hydrogen) atoms.